The topological polar surface area (TPSA) is 45.1 Å². The number of carbonyl (C=O) groups excluding carboxylic acids is 1. The van der Waals surface area contributed by atoms with Gasteiger partial charge in [-0.2, -0.15) is 0 Å². The van der Waals surface area contributed by atoms with Gasteiger partial charge in [0, 0.05) is 29.9 Å². The largest absolute Gasteiger partial charge is 0.497 e. The third kappa shape index (κ3) is 3.37. The molecule has 0 radical (unpaired) electrons. The maximum absolute atomic E-state index is 12.9. The number of benzene rings is 1. The molecule has 2 aliphatic rings. The fourth-order valence-electron chi connectivity index (χ4n) is 2.74. The van der Waals surface area contributed by atoms with E-state index in [9.17, 15) is 4.79 Å². The van der Waals surface area contributed by atoms with Crippen LogP contribution in [0.2, 0.25) is 0 Å². The van der Waals surface area contributed by atoms with Crippen molar-refractivity contribution in [1.82, 2.24) is 4.90 Å². The van der Waals surface area contributed by atoms with Crippen LogP contribution in [0.3, 0.4) is 0 Å². The number of thioether (sulfide) groups is 2. The second-order valence-electron chi connectivity index (χ2n) is 5.32. The van der Waals surface area contributed by atoms with E-state index in [1.54, 1.807) is 23.8 Å². The molecular weight excluding hydrogens is 378 g/mol. The number of halogens is 1. The number of hydrogen-bond acceptors (Lipinski definition) is 6. The quantitative estimate of drug-likeness (QED) is 0.555. The number of ether oxygens (including phenoxy) is 1. The minimum absolute atomic E-state index is 0.0153. The van der Waals surface area contributed by atoms with Crippen LogP contribution >= 0.6 is 35.1 Å². The van der Waals surface area contributed by atoms with Crippen molar-refractivity contribution in [3.63, 3.8) is 0 Å². The lowest BCUT2D eigenvalue weighted by Crippen LogP contribution is -2.29. The number of aliphatic imine (C=N–C) groups is 1. The summed E-state index contributed by atoms with van der Waals surface area (Å²) in [6, 6.07) is 6.01. The Kier molecular flexibility index (Phi) is 5.86. The minimum atomic E-state index is 0.0153. The first kappa shape index (κ1) is 18.5. The predicted molar refractivity (Wildman–Crippen MR) is 107 cm³/mol. The summed E-state index contributed by atoms with van der Waals surface area (Å²) < 4.78 is 5.35. The molecule has 2 aliphatic heterocycles. The van der Waals surface area contributed by atoms with E-state index in [1.807, 2.05) is 25.1 Å². The van der Waals surface area contributed by atoms with Crippen molar-refractivity contribution in [2.75, 3.05) is 37.5 Å². The molecule has 0 unspecified atom stereocenters. The molecule has 1 amide bonds. The summed E-state index contributed by atoms with van der Waals surface area (Å²) in [5, 5.41) is 1.70. The zero-order valence-corrected chi connectivity index (χ0v) is 16.8. The average Bonchev–Trinajstić information content (AvgIpc) is 3.15. The van der Waals surface area contributed by atoms with E-state index in [-0.39, 0.29) is 5.91 Å². The lowest BCUT2D eigenvalue weighted by Gasteiger charge is -2.19. The number of carbonyl (C=O) groups is 1. The van der Waals surface area contributed by atoms with Gasteiger partial charge in [-0.25, -0.2) is 0 Å². The normalized spacial score (nSPS) is 21.4. The average molecular weight is 398 g/mol. The molecule has 0 aliphatic carbocycles. The van der Waals surface area contributed by atoms with Crippen molar-refractivity contribution < 1.29 is 9.53 Å². The Morgan fingerprint density at radius 1 is 1.20 bits per heavy atom. The van der Waals surface area contributed by atoms with Crippen molar-refractivity contribution in [3.8, 4) is 5.75 Å². The molecule has 1 aromatic rings. The van der Waals surface area contributed by atoms with Crippen molar-refractivity contribution in [1.29, 1.82) is 0 Å². The first-order chi connectivity index (χ1) is 12.1. The Morgan fingerprint density at radius 2 is 1.96 bits per heavy atom. The van der Waals surface area contributed by atoms with Crippen molar-refractivity contribution >= 4 is 51.9 Å². The molecule has 3 rings (SSSR count). The van der Waals surface area contributed by atoms with E-state index in [4.69, 9.17) is 16.3 Å². The first-order valence-electron chi connectivity index (χ1n) is 8.12. The van der Waals surface area contributed by atoms with E-state index in [0.717, 1.165) is 38.0 Å². The molecule has 1 saturated heterocycles. The van der Waals surface area contributed by atoms with Gasteiger partial charge in [0.25, 0.3) is 5.91 Å². The SMILES string of the molecule is CCN1C(=O)C(=C2Sc3ccc(OC)cc3N2CC)SC1=NCCCl. The maximum Gasteiger partial charge on any atom is 0.269 e. The molecule has 8 heteroatoms. The van der Waals surface area contributed by atoms with Crippen LogP contribution in [-0.2, 0) is 4.79 Å². The molecule has 25 heavy (non-hydrogen) atoms. The molecule has 0 aromatic heterocycles. The van der Waals surface area contributed by atoms with Gasteiger partial charge in [-0.05, 0) is 37.7 Å². The van der Waals surface area contributed by atoms with Crippen LogP contribution in [0.5, 0.6) is 5.75 Å². The van der Waals surface area contributed by atoms with Crippen LogP contribution in [0.1, 0.15) is 13.8 Å². The van der Waals surface area contributed by atoms with Crippen LogP contribution in [0.15, 0.2) is 38.0 Å². The number of amidine groups is 1. The number of methoxy groups -OCH3 is 1. The fraction of sp³-hybridized carbons (Fsp3) is 0.412. The smallest absolute Gasteiger partial charge is 0.269 e. The van der Waals surface area contributed by atoms with E-state index >= 15 is 0 Å². The standard InChI is InChI=1S/C17H20ClN3O2S2/c1-4-20-12-10-11(23-3)6-7-13(12)24-16(20)14-15(22)21(5-2)17(25-14)19-9-8-18/h6-7,10H,4-5,8-9H2,1-3H3. The highest BCUT2D eigenvalue weighted by atomic mass is 35.5. The molecule has 0 atom stereocenters. The van der Waals surface area contributed by atoms with Crippen LogP contribution in [-0.4, -0.2) is 48.6 Å². The van der Waals surface area contributed by atoms with Gasteiger partial charge >= 0.3 is 0 Å². The van der Waals surface area contributed by atoms with Crippen LogP contribution in [0.25, 0.3) is 0 Å². The highest BCUT2D eigenvalue weighted by Gasteiger charge is 2.38. The molecule has 5 nitrogen and oxygen atoms in total. The molecule has 0 spiro atoms. The summed E-state index contributed by atoms with van der Waals surface area (Å²) in [4.78, 5) is 23.1. The molecule has 0 N–H and O–H groups in total. The molecule has 2 heterocycles. The van der Waals surface area contributed by atoms with Crippen LogP contribution in [0, 0.1) is 0 Å². The number of anilines is 1. The van der Waals surface area contributed by atoms with E-state index < -0.39 is 0 Å². The number of nitrogens with zero attached hydrogens (tertiary/aromatic N) is 3. The lowest BCUT2D eigenvalue weighted by atomic mass is 10.2. The second kappa shape index (κ2) is 7.93. The summed E-state index contributed by atoms with van der Waals surface area (Å²) >= 11 is 8.82. The van der Waals surface area contributed by atoms with Gasteiger partial charge in [-0.3, -0.25) is 14.7 Å². The third-order valence-electron chi connectivity index (χ3n) is 3.93. The number of fused-ring (bicyclic) bond motifs is 1. The van der Waals surface area contributed by atoms with E-state index in [1.165, 1.54) is 11.8 Å². The molecule has 134 valence electrons. The first-order valence-corrected chi connectivity index (χ1v) is 10.3. The lowest BCUT2D eigenvalue weighted by molar-refractivity contribution is -0.122. The number of hydrogen-bond donors (Lipinski definition) is 0. The molecule has 1 fully saturated rings. The van der Waals surface area contributed by atoms with Gasteiger partial charge < -0.3 is 9.64 Å². The summed E-state index contributed by atoms with van der Waals surface area (Å²) in [5.41, 5.74) is 1.08. The number of amides is 1. The van der Waals surface area contributed by atoms with Gasteiger partial charge in [-0.1, -0.05) is 11.8 Å². The number of rotatable bonds is 5. The second-order valence-corrected chi connectivity index (χ2v) is 7.71. The number of alkyl halides is 1. The third-order valence-corrected chi connectivity index (χ3v) is 6.52. The van der Waals surface area contributed by atoms with Crippen molar-refractivity contribution in [3.05, 3.63) is 28.1 Å². The predicted octanol–water partition coefficient (Wildman–Crippen LogP) is 3.99. The Bertz CT molecular complexity index is 751. The molecule has 0 saturated carbocycles. The highest BCUT2D eigenvalue weighted by molar-refractivity contribution is 8.19. The Labute approximate surface area is 161 Å². The summed E-state index contributed by atoms with van der Waals surface area (Å²) in [6.45, 7) is 5.93. The Morgan fingerprint density at radius 3 is 2.60 bits per heavy atom. The Hall–Kier alpha value is -1.31. The summed E-state index contributed by atoms with van der Waals surface area (Å²) in [6.07, 6.45) is 0. The molecule has 0 bridgehead atoms. The number of likely N-dealkylation sites (N-methyl/N-ethyl adjacent to an activating group) is 1. The van der Waals surface area contributed by atoms with Crippen molar-refractivity contribution in [2.24, 2.45) is 4.99 Å². The highest BCUT2D eigenvalue weighted by Crippen LogP contribution is 2.51. The maximum atomic E-state index is 12.9. The van der Waals surface area contributed by atoms with Gasteiger partial charge in [0.05, 0.1) is 19.3 Å². The minimum Gasteiger partial charge on any atom is -0.497 e. The van der Waals surface area contributed by atoms with Gasteiger partial charge in [0.2, 0.25) is 0 Å². The summed E-state index contributed by atoms with van der Waals surface area (Å²) in [7, 11) is 1.66. The van der Waals surface area contributed by atoms with E-state index in [0.29, 0.717) is 19.0 Å². The Balaban J connectivity index is 2.01. The van der Waals surface area contributed by atoms with Crippen LogP contribution < -0.4 is 9.64 Å². The monoisotopic (exact) mass is 397 g/mol. The van der Waals surface area contributed by atoms with Gasteiger partial charge in [-0.15, -0.1) is 11.6 Å². The van der Waals surface area contributed by atoms with Gasteiger partial charge in [0.15, 0.2) is 5.17 Å². The zero-order chi connectivity index (χ0) is 18.0. The fourth-order valence-corrected chi connectivity index (χ4v) is 5.27. The molecular formula is C17H20ClN3O2S2. The zero-order valence-electron chi connectivity index (χ0n) is 14.4. The van der Waals surface area contributed by atoms with E-state index in [2.05, 4.69) is 16.8 Å². The summed E-state index contributed by atoms with van der Waals surface area (Å²) in [5.74, 6) is 1.28. The van der Waals surface area contributed by atoms with Crippen molar-refractivity contribution in [2.45, 2.75) is 18.7 Å². The van der Waals surface area contributed by atoms with Gasteiger partial charge in [0.1, 0.15) is 15.7 Å². The molecule has 1 aromatic carbocycles. The van der Waals surface area contributed by atoms with Crippen LogP contribution in [0.4, 0.5) is 5.69 Å².